The zero-order valence-electron chi connectivity index (χ0n) is 14.7. The van der Waals surface area contributed by atoms with Crippen LogP contribution < -0.4 is 0 Å². The van der Waals surface area contributed by atoms with Crippen LogP contribution in [0.15, 0.2) is 12.3 Å². The number of amides is 1. The van der Waals surface area contributed by atoms with Crippen LogP contribution in [0.2, 0.25) is 0 Å². The summed E-state index contributed by atoms with van der Waals surface area (Å²) in [6.07, 6.45) is 0.386. The van der Waals surface area contributed by atoms with Gasteiger partial charge in [-0.1, -0.05) is 0 Å². The molecule has 1 saturated heterocycles. The van der Waals surface area contributed by atoms with Gasteiger partial charge in [0.1, 0.15) is 5.69 Å². The van der Waals surface area contributed by atoms with Crippen LogP contribution in [0.5, 0.6) is 0 Å². The van der Waals surface area contributed by atoms with Crippen LogP contribution in [0, 0.1) is 10.1 Å². The van der Waals surface area contributed by atoms with Gasteiger partial charge in [-0.25, -0.2) is 13.2 Å². The Morgan fingerprint density at radius 1 is 1.50 bits per heavy atom. The van der Waals surface area contributed by atoms with Crippen LogP contribution in [-0.4, -0.2) is 64.9 Å². The Morgan fingerprint density at radius 3 is 2.62 bits per heavy atom. The van der Waals surface area contributed by atoms with Gasteiger partial charge in [-0.15, -0.1) is 0 Å². The third kappa shape index (κ3) is 4.21. The molecule has 11 heteroatoms. The number of aryl methyl sites for hydroxylation is 1. The van der Waals surface area contributed by atoms with Crippen molar-refractivity contribution in [2.24, 2.45) is 7.05 Å². The molecule has 0 aromatic carbocycles. The second-order valence-electron chi connectivity index (χ2n) is 6.18. The maximum absolute atomic E-state index is 12.6. The average molecular weight is 387 g/mol. The molecule has 0 spiro atoms. The standard InChI is InChI=1S/C15H21N3O7S/c1-4-17(11-5-6-26(23,24)9-11)14(19)10(2)25-15(20)13-7-12(18(21)22)8-16(13)3/h7-8,10-11H,4-6,9H2,1-3H3/t10-,11-/m0/s1. The maximum atomic E-state index is 12.6. The molecule has 0 bridgehead atoms. The van der Waals surface area contributed by atoms with Gasteiger partial charge < -0.3 is 14.2 Å². The first-order valence-corrected chi connectivity index (χ1v) is 9.90. The van der Waals surface area contributed by atoms with Gasteiger partial charge in [0.25, 0.3) is 11.6 Å². The van der Waals surface area contributed by atoms with E-state index in [1.807, 2.05) is 0 Å². The van der Waals surface area contributed by atoms with E-state index in [4.69, 9.17) is 4.74 Å². The summed E-state index contributed by atoms with van der Waals surface area (Å²) in [6, 6.07) is 0.635. The Bertz CT molecular complexity index is 830. The van der Waals surface area contributed by atoms with E-state index in [1.54, 1.807) is 6.92 Å². The van der Waals surface area contributed by atoms with E-state index < -0.39 is 38.8 Å². The van der Waals surface area contributed by atoms with Crippen LogP contribution >= 0.6 is 0 Å². The van der Waals surface area contributed by atoms with E-state index in [1.165, 1.54) is 29.6 Å². The zero-order valence-corrected chi connectivity index (χ0v) is 15.6. The fourth-order valence-electron chi connectivity index (χ4n) is 2.97. The molecule has 1 fully saturated rings. The Balaban J connectivity index is 2.08. The Labute approximate surface area is 150 Å². The van der Waals surface area contributed by atoms with E-state index in [0.29, 0.717) is 6.42 Å². The number of carbonyl (C=O) groups excluding carboxylic acids is 2. The van der Waals surface area contributed by atoms with Crippen molar-refractivity contribution in [3.05, 3.63) is 28.1 Å². The smallest absolute Gasteiger partial charge is 0.355 e. The molecule has 1 aliphatic heterocycles. The third-order valence-electron chi connectivity index (χ3n) is 4.31. The van der Waals surface area contributed by atoms with Gasteiger partial charge in [0.05, 0.1) is 22.6 Å². The molecular formula is C15H21N3O7S. The SMILES string of the molecule is CCN(C(=O)[C@H](C)OC(=O)c1cc([N+](=O)[O-])cn1C)[C@H]1CCS(=O)(=O)C1. The summed E-state index contributed by atoms with van der Waals surface area (Å²) in [6.45, 7) is 3.40. The van der Waals surface area contributed by atoms with Crippen molar-refractivity contribution in [2.75, 3.05) is 18.1 Å². The summed E-state index contributed by atoms with van der Waals surface area (Å²) in [4.78, 5) is 36.3. The molecule has 1 aromatic heterocycles. The molecule has 0 N–H and O–H groups in total. The van der Waals surface area contributed by atoms with Crippen LogP contribution in [0.25, 0.3) is 0 Å². The van der Waals surface area contributed by atoms with Crippen molar-refractivity contribution in [1.82, 2.24) is 9.47 Å². The molecule has 1 aliphatic rings. The number of likely N-dealkylation sites (N-methyl/N-ethyl adjacent to an activating group) is 1. The quantitative estimate of drug-likeness (QED) is 0.395. The number of sulfone groups is 1. The van der Waals surface area contributed by atoms with E-state index in [0.717, 1.165) is 6.07 Å². The van der Waals surface area contributed by atoms with Crippen molar-refractivity contribution >= 4 is 27.4 Å². The minimum Gasteiger partial charge on any atom is -0.448 e. The van der Waals surface area contributed by atoms with E-state index in [2.05, 4.69) is 0 Å². The number of rotatable bonds is 6. The average Bonchev–Trinajstić information content (AvgIpc) is 3.10. The molecule has 0 saturated carbocycles. The number of nitrogens with zero attached hydrogens (tertiary/aromatic N) is 3. The molecule has 2 heterocycles. The number of esters is 1. The summed E-state index contributed by atoms with van der Waals surface area (Å²) < 4.78 is 29.7. The van der Waals surface area contributed by atoms with Crippen molar-refractivity contribution < 1.29 is 27.7 Å². The lowest BCUT2D eigenvalue weighted by Crippen LogP contribution is -2.46. The highest BCUT2D eigenvalue weighted by Crippen LogP contribution is 2.20. The highest BCUT2D eigenvalue weighted by molar-refractivity contribution is 7.91. The molecule has 1 aromatic rings. The molecular weight excluding hydrogens is 366 g/mol. The molecule has 144 valence electrons. The Morgan fingerprint density at radius 2 is 2.15 bits per heavy atom. The first kappa shape index (κ1) is 19.9. The summed E-state index contributed by atoms with van der Waals surface area (Å²) >= 11 is 0. The second-order valence-corrected chi connectivity index (χ2v) is 8.41. The number of hydrogen-bond donors (Lipinski definition) is 0. The Hall–Kier alpha value is -2.43. The van der Waals surface area contributed by atoms with Gasteiger partial charge in [-0.3, -0.25) is 14.9 Å². The minimum absolute atomic E-state index is 0.0304. The molecule has 0 aliphatic carbocycles. The maximum Gasteiger partial charge on any atom is 0.355 e. The van der Waals surface area contributed by atoms with Gasteiger partial charge >= 0.3 is 5.97 Å². The lowest BCUT2D eigenvalue weighted by molar-refractivity contribution is -0.384. The molecule has 10 nitrogen and oxygen atoms in total. The van der Waals surface area contributed by atoms with Crippen LogP contribution in [0.4, 0.5) is 5.69 Å². The van der Waals surface area contributed by atoms with Gasteiger partial charge in [0.2, 0.25) is 0 Å². The molecule has 0 radical (unpaired) electrons. The topological polar surface area (TPSA) is 129 Å². The van der Waals surface area contributed by atoms with Crippen molar-refractivity contribution in [2.45, 2.75) is 32.4 Å². The number of nitro groups is 1. The summed E-state index contributed by atoms with van der Waals surface area (Å²) in [5.41, 5.74) is -0.312. The van der Waals surface area contributed by atoms with E-state index in [9.17, 15) is 28.1 Å². The highest BCUT2D eigenvalue weighted by atomic mass is 32.2. The number of ether oxygens (including phenoxy) is 1. The van der Waals surface area contributed by atoms with Gasteiger partial charge in [0, 0.05) is 25.7 Å². The fourth-order valence-corrected chi connectivity index (χ4v) is 4.70. The second kappa shape index (κ2) is 7.44. The molecule has 1 amide bonds. The zero-order chi connectivity index (χ0) is 19.6. The summed E-state index contributed by atoms with van der Waals surface area (Å²) in [5, 5.41) is 10.8. The van der Waals surface area contributed by atoms with Gasteiger partial charge in [0.15, 0.2) is 15.9 Å². The molecule has 2 rings (SSSR count). The van der Waals surface area contributed by atoms with E-state index in [-0.39, 0.29) is 29.4 Å². The lowest BCUT2D eigenvalue weighted by Gasteiger charge is -2.29. The highest BCUT2D eigenvalue weighted by Gasteiger charge is 2.36. The van der Waals surface area contributed by atoms with Gasteiger partial charge in [-0.05, 0) is 20.3 Å². The van der Waals surface area contributed by atoms with Crippen LogP contribution in [-0.2, 0) is 26.4 Å². The number of carbonyl (C=O) groups is 2. The number of aromatic nitrogens is 1. The Kier molecular flexibility index (Phi) is 5.69. The van der Waals surface area contributed by atoms with Crippen LogP contribution in [0.3, 0.4) is 0 Å². The van der Waals surface area contributed by atoms with Crippen molar-refractivity contribution in [3.8, 4) is 0 Å². The lowest BCUT2D eigenvalue weighted by atomic mass is 10.2. The molecule has 26 heavy (non-hydrogen) atoms. The largest absolute Gasteiger partial charge is 0.448 e. The summed E-state index contributed by atoms with van der Waals surface area (Å²) in [7, 11) is -1.70. The van der Waals surface area contributed by atoms with E-state index >= 15 is 0 Å². The minimum atomic E-state index is -3.16. The number of hydrogen-bond acceptors (Lipinski definition) is 7. The molecule has 2 atom stereocenters. The fraction of sp³-hybridized carbons (Fsp3) is 0.600. The van der Waals surface area contributed by atoms with Crippen LogP contribution in [0.1, 0.15) is 30.8 Å². The molecule has 0 unspecified atom stereocenters. The third-order valence-corrected chi connectivity index (χ3v) is 6.07. The monoisotopic (exact) mass is 387 g/mol. The normalized spacial score (nSPS) is 19.7. The first-order valence-electron chi connectivity index (χ1n) is 8.08. The van der Waals surface area contributed by atoms with Crippen molar-refractivity contribution in [3.63, 3.8) is 0 Å². The van der Waals surface area contributed by atoms with Crippen molar-refractivity contribution in [1.29, 1.82) is 0 Å². The van der Waals surface area contributed by atoms with Gasteiger partial charge in [-0.2, -0.15) is 0 Å². The predicted octanol–water partition coefficient (Wildman–Crippen LogP) is 0.514. The first-order chi connectivity index (χ1) is 12.1. The summed E-state index contributed by atoms with van der Waals surface area (Å²) in [5.74, 6) is -1.43. The predicted molar refractivity (Wildman–Crippen MR) is 91.4 cm³/mol.